The third-order valence-electron chi connectivity index (χ3n) is 4.63. The Labute approximate surface area is 146 Å². The lowest BCUT2D eigenvalue weighted by Gasteiger charge is -2.35. The lowest BCUT2D eigenvalue weighted by molar-refractivity contribution is 0.249. The maximum atomic E-state index is 4.67. The number of benzene rings is 1. The van der Waals surface area contributed by atoms with Crippen LogP contribution in [-0.2, 0) is 6.54 Å². The Balaban J connectivity index is 1.45. The Morgan fingerprint density at radius 1 is 1.04 bits per heavy atom. The van der Waals surface area contributed by atoms with Crippen molar-refractivity contribution in [3.8, 4) is 0 Å². The Hall–Kier alpha value is -2.05. The number of para-hydroxylation sites is 1. The Morgan fingerprint density at radius 2 is 1.83 bits per heavy atom. The van der Waals surface area contributed by atoms with Crippen LogP contribution in [0.25, 0.3) is 10.9 Å². The number of piperazine rings is 1. The van der Waals surface area contributed by atoms with Gasteiger partial charge >= 0.3 is 0 Å². The molecule has 0 amide bonds. The van der Waals surface area contributed by atoms with E-state index in [9.17, 15) is 0 Å². The summed E-state index contributed by atoms with van der Waals surface area (Å²) in [6, 6.07) is 8.23. The predicted octanol–water partition coefficient (Wildman–Crippen LogP) is 3.03. The highest BCUT2D eigenvalue weighted by atomic mass is 32.1. The predicted molar refractivity (Wildman–Crippen MR) is 98.6 cm³/mol. The number of hydrogen-bond donors (Lipinski definition) is 0. The fourth-order valence-corrected chi connectivity index (χ4v) is 4.13. The van der Waals surface area contributed by atoms with Crippen LogP contribution in [0.4, 0.5) is 5.82 Å². The molecule has 0 radical (unpaired) electrons. The van der Waals surface area contributed by atoms with Crippen LogP contribution in [0.2, 0.25) is 0 Å². The third-order valence-corrected chi connectivity index (χ3v) is 5.68. The van der Waals surface area contributed by atoms with Crippen molar-refractivity contribution in [1.29, 1.82) is 0 Å². The van der Waals surface area contributed by atoms with Crippen LogP contribution >= 0.6 is 11.3 Å². The molecule has 4 rings (SSSR count). The molecule has 0 aliphatic carbocycles. The van der Waals surface area contributed by atoms with Crippen LogP contribution in [0, 0.1) is 13.8 Å². The first kappa shape index (κ1) is 15.5. The fraction of sp³-hybridized carbons (Fsp3) is 0.389. The van der Waals surface area contributed by atoms with E-state index in [1.807, 2.05) is 23.5 Å². The second-order valence-corrected chi connectivity index (χ2v) is 7.51. The lowest BCUT2D eigenvalue weighted by atomic mass is 10.2. The monoisotopic (exact) mass is 339 g/mol. The number of hydrogen-bond acceptors (Lipinski definition) is 6. The molecule has 2 aromatic heterocycles. The summed E-state index contributed by atoms with van der Waals surface area (Å²) in [6.45, 7) is 9.25. The van der Waals surface area contributed by atoms with Crippen molar-refractivity contribution in [2.45, 2.75) is 20.4 Å². The van der Waals surface area contributed by atoms with Gasteiger partial charge in [-0.05, 0) is 26.0 Å². The van der Waals surface area contributed by atoms with Crippen molar-refractivity contribution in [1.82, 2.24) is 19.9 Å². The second kappa shape index (κ2) is 6.45. The quantitative estimate of drug-likeness (QED) is 0.734. The molecule has 0 bridgehead atoms. The van der Waals surface area contributed by atoms with Crippen LogP contribution in [0.1, 0.15) is 15.6 Å². The molecule has 1 aliphatic rings. The van der Waals surface area contributed by atoms with Gasteiger partial charge in [0, 0.05) is 36.4 Å². The van der Waals surface area contributed by atoms with E-state index in [4.69, 9.17) is 0 Å². The van der Waals surface area contributed by atoms with E-state index in [0.717, 1.165) is 49.4 Å². The van der Waals surface area contributed by atoms with E-state index < -0.39 is 0 Å². The fourth-order valence-electron chi connectivity index (χ4n) is 3.16. The van der Waals surface area contributed by atoms with Gasteiger partial charge in [-0.25, -0.2) is 15.0 Å². The Bertz CT molecular complexity index is 827. The largest absolute Gasteiger partial charge is 0.353 e. The van der Waals surface area contributed by atoms with Crippen LogP contribution in [-0.4, -0.2) is 46.0 Å². The SMILES string of the molecule is Cc1nc(CN2CCN(c3ncnc4ccccc34)CC2)sc1C. The van der Waals surface area contributed by atoms with Crippen molar-refractivity contribution in [2.75, 3.05) is 31.1 Å². The molecular formula is C18H21N5S. The Morgan fingerprint density at radius 3 is 2.58 bits per heavy atom. The third kappa shape index (κ3) is 2.99. The maximum absolute atomic E-state index is 4.67. The smallest absolute Gasteiger partial charge is 0.139 e. The van der Waals surface area contributed by atoms with Crippen molar-refractivity contribution in [3.05, 3.63) is 46.2 Å². The van der Waals surface area contributed by atoms with Gasteiger partial charge in [-0.3, -0.25) is 4.90 Å². The molecule has 1 aromatic carbocycles. The molecule has 6 heteroatoms. The van der Waals surface area contributed by atoms with Crippen molar-refractivity contribution < 1.29 is 0 Å². The summed E-state index contributed by atoms with van der Waals surface area (Å²) >= 11 is 1.82. The summed E-state index contributed by atoms with van der Waals surface area (Å²) in [7, 11) is 0. The molecule has 0 saturated carbocycles. The summed E-state index contributed by atoms with van der Waals surface area (Å²) in [6.07, 6.45) is 1.67. The summed E-state index contributed by atoms with van der Waals surface area (Å²) < 4.78 is 0. The van der Waals surface area contributed by atoms with Gasteiger partial charge in [0.15, 0.2) is 0 Å². The van der Waals surface area contributed by atoms with Gasteiger partial charge in [0.05, 0.1) is 17.8 Å². The van der Waals surface area contributed by atoms with E-state index in [2.05, 4.69) is 50.7 Å². The first-order valence-corrected chi connectivity index (χ1v) is 9.12. The normalized spacial score (nSPS) is 16.0. The summed E-state index contributed by atoms with van der Waals surface area (Å²) in [5.41, 5.74) is 2.18. The molecule has 1 saturated heterocycles. The van der Waals surface area contributed by atoms with E-state index in [1.165, 1.54) is 15.6 Å². The van der Waals surface area contributed by atoms with Crippen LogP contribution in [0.3, 0.4) is 0 Å². The van der Waals surface area contributed by atoms with Gasteiger partial charge in [-0.2, -0.15) is 0 Å². The van der Waals surface area contributed by atoms with Crippen molar-refractivity contribution in [2.24, 2.45) is 0 Å². The highest BCUT2D eigenvalue weighted by Crippen LogP contribution is 2.24. The van der Waals surface area contributed by atoms with Gasteiger partial charge in [0.25, 0.3) is 0 Å². The average Bonchev–Trinajstić information content (AvgIpc) is 2.92. The summed E-state index contributed by atoms with van der Waals surface area (Å²) in [5, 5.41) is 2.37. The second-order valence-electron chi connectivity index (χ2n) is 6.23. The molecule has 0 unspecified atom stereocenters. The number of aromatic nitrogens is 3. The number of anilines is 1. The molecule has 1 aliphatic heterocycles. The summed E-state index contributed by atoms with van der Waals surface area (Å²) in [4.78, 5) is 19.8. The van der Waals surface area contributed by atoms with E-state index in [0.29, 0.717) is 0 Å². The molecule has 5 nitrogen and oxygen atoms in total. The van der Waals surface area contributed by atoms with Gasteiger partial charge in [-0.1, -0.05) is 12.1 Å². The standard InChI is InChI=1S/C18H21N5S/c1-13-14(2)24-17(21-13)11-22-7-9-23(10-8-22)18-15-5-3-4-6-16(15)19-12-20-18/h3-6,12H,7-11H2,1-2H3. The molecule has 24 heavy (non-hydrogen) atoms. The molecule has 1 fully saturated rings. The van der Waals surface area contributed by atoms with E-state index in [1.54, 1.807) is 6.33 Å². The molecular weight excluding hydrogens is 318 g/mol. The van der Waals surface area contributed by atoms with Crippen LogP contribution in [0.15, 0.2) is 30.6 Å². The minimum absolute atomic E-state index is 0.956. The minimum Gasteiger partial charge on any atom is -0.353 e. The number of fused-ring (bicyclic) bond motifs is 1. The first-order valence-electron chi connectivity index (χ1n) is 8.30. The van der Waals surface area contributed by atoms with Gasteiger partial charge in [0.2, 0.25) is 0 Å². The average molecular weight is 339 g/mol. The molecule has 3 aromatic rings. The number of rotatable bonds is 3. The zero-order valence-electron chi connectivity index (χ0n) is 14.1. The number of aryl methyl sites for hydroxylation is 2. The molecule has 3 heterocycles. The molecule has 0 atom stereocenters. The van der Waals surface area contributed by atoms with Crippen molar-refractivity contribution in [3.63, 3.8) is 0 Å². The minimum atomic E-state index is 0.956. The van der Waals surface area contributed by atoms with Crippen LogP contribution < -0.4 is 4.90 Å². The maximum Gasteiger partial charge on any atom is 0.139 e. The van der Waals surface area contributed by atoms with Gasteiger partial charge in [-0.15, -0.1) is 11.3 Å². The highest BCUT2D eigenvalue weighted by molar-refractivity contribution is 7.11. The van der Waals surface area contributed by atoms with Gasteiger partial charge in [0.1, 0.15) is 17.2 Å². The first-order chi connectivity index (χ1) is 11.7. The lowest BCUT2D eigenvalue weighted by Crippen LogP contribution is -2.46. The van der Waals surface area contributed by atoms with Gasteiger partial charge < -0.3 is 4.90 Å². The summed E-state index contributed by atoms with van der Waals surface area (Å²) in [5.74, 6) is 1.06. The molecule has 124 valence electrons. The Kier molecular flexibility index (Phi) is 4.16. The zero-order chi connectivity index (χ0) is 16.5. The zero-order valence-corrected chi connectivity index (χ0v) is 14.9. The molecule has 0 spiro atoms. The number of nitrogens with zero attached hydrogens (tertiary/aromatic N) is 5. The topological polar surface area (TPSA) is 45.2 Å². The van der Waals surface area contributed by atoms with Crippen molar-refractivity contribution >= 4 is 28.1 Å². The highest BCUT2D eigenvalue weighted by Gasteiger charge is 2.20. The van der Waals surface area contributed by atoms with E-state index in [-0.39, 0.29) is 0 Å². The molecule has 0 N–H and O–H groups in total. The number of thiazole rings is 1. The van der Waals surface area contributed by atoms with Crippen LogP contribution in [0.5, 0.6) is 0 Å². The van der Waals surface area contributed by atoms with E-state index >= 15 is 0 Å².